The van der Waals surface area contributed by atoms with Gasteiger partial charge in [0.05, 0.1) is 11.7 Å². The van der Waals surface area contributed by atoms with Gasteiger partial charge in [0, 0.05) is 18.4 Å². The highest BCUT2D eigenvalue weighted by atomic mass is 16.5. The second-order valence-corrected chi connectivity index (χ2v) is 4.76. The van der Waals surface area contributed by atoms with Crippen LogP contribution in [0.1, 0.15) is 43.8 Å². The molecule has 96 valence electrons. The number of nitrogens with zero attached hydrogens (tertiary/aromatic N) is 1. The number of carbonyl (C=O) groups is 1. The fourth-order valence-corrected chi connectivity index (χ4v) is 1.73. The summed E-state index contributed by atoms with van der Waals surface area (Å²) in [5, 5.41) is 9.96. The third-order valence-corrected chi connectivity index (χ3v) is 3.02. The summed E-state index contributed by atoms with van der Waals surface area (Å²) in [4.78, 5) is 12.0. The number of hydrogen-bond donors (Lipinski definition) is 2. The van der Waals surface area contributed by atoms with Crippen molar-refractivity contribution in [3.05, 3.63) is 17.0 Å². The predicted molar refractivity (Wildman–Crippen MR) is 65.7 cm³/mol. The normalized spacial score (nSPS) is 13.5. The van der Waals surface area contributed by atoms with Crippen LogP contribution in [0, 0.1) is 13.8 Å². The summed E-state index contributed by atoms with van der Waals surface area (Å²) in [7, 11) is 1.53. The molecule has 1 unspecified atom stereocenters. The highest BCUT2D eigenvalue weighted by Crippen LogP contribution is 2.20. The zero-order valence-corrected chi connectivity index (χ0v) is 11.3. The topological polar surface area (TPSA) is 67.0 Å². The Labute approximate surface area is 102 Å². The third-order valence-electron chi connectivity index (χ3n) is 3.02. The number of aryl methyl sites for hydroxylation is 2. The van der Waals surface area contributed by atoms with Crippen LogP contribution in [0.5, 0.6) is 0 Å². The number of hydrogen-bond acceptors (Lipinski definition) is 3. The fourth-order valence-electron chi connectivity index (χ4n) is 1.73. The van der Waals surface area contributed by atoms with E-state index in [0.717, 1.165) is 17.0 Å². The minimum atomic E-state index is -0.820. The van der Waals surface area contributed by atoms with Gasteiger partial charge in [-0.1, -0.05) is 0 Å². The molecule has 1 heterocycles. The molecule has 0 aliphatic heterocycles. The first-order chi connectivity index (χ1) is 7.79. The number of H-pyrrole nitrogens is 1. The van der Waals surface area contributed by atoms with E-state index in [1.54, 1.807) is 13.8 Å². The van der Waals surface area contributed by atoms with Crippen molar-refractivity contribution in [1.29, 1.82) is 0 Å². The van der Waals surface area contributed by atoms with E-state index in [2.05, 4.69) is 15.5 Å². The largest absolute Gasteiger partial charge is 0.369 e. The lowest BCUT2D eigenvalue weighted by Gasteiger charge is -2.24. The van der Waals surface area contributed by atoms with Gasteiger partial charge in [-0.05, 0) is 34.6 Å². The maximum absolute atomic E-state index is 12.0. The molecule has 1 atom stereocenters. The second-order valence-electron chi connectivity index (χ2n) is 4.76. The smallest absolute Gasteiger partial charge is 0.252 e. The molecule has 0 fully saturated rings. The Kier molecular flexibility index (Phi) is 3.93. The van der Waals surface area contributed by atoms with Crippen molar-refractivity contribution in [2.24, 2.45) is 0 Å². The molecule has 1 aromatic rings. The molecule has 0 spiro atoms. The fraction of sp³-hybridized carbons (Fsp3) is 0.667. The number of ether oxygens (including phenoxy) is 1. The van der Waals surface area contributed by atoms with Crippen molar-refractivity contribution >= 4 is 5.91 Å². The highest BCUT2D eigenvalue weighted by Gasteiger charge is 2.29. The van der Waals surface area contributed by atoms with E-state index in [4.69, 9.17) is 4.74 Å². The van der Waals surface area contributed by atoms with Crippen molar-refractivity contribution < 1.29 is 9.53 Å². The first kappa shape index (κ1) is 13.7. The van der Waals surface area contributed by atoms with Crippen LogP contribution in [0.4, 0.5) is 0 Å². The molecule has 0 bridgehead atoms. The SMILES string of the molecule is COC(C)(C)C(=O)NC(C)c1c(C)n[nH]c1C. The molecule has 17 heavy (non-hydrogen) atoms. The first-order valence-corrected chi connectivity index (χ1v) is 5.67. The Morgan fingerprint density at radius 1 is 1.47 bits per heavy atom. The molecular weight excluding hydrogens is 218 g/mol. The van der Waals surface area contributed by atoms with Gasteiger partial charge in [0.1, 0.15) is 5.60 Å². The molecule has 0 aromatic carbocycles. The van der Waals surface area contributed by atoms with Crippen LogP contribution in [-0.4, -0.2) is 28.8 Å². The van der Waals surface area contributed by atoms with E-state index in [-0.39, 0.29) is 11.9 Å². The molecule has 0 saturated heterocycles. The van der Waals surface area contributed by atoms with Crippen molar-refractivity contribution in [1.82, 2.24) is 15.5 Å². The van der Waals surface area contributed by atoms with E-state index < -0.39 is 5.60 Å². The van der Waals surface area contributed by atoms with Crippen LogP contribution >= 0.6 is 0 Å². The Balaban J connectivity index is 2.80. The molecule has 0 saturated carbocycles. The maximum atomic E-state index is 12.0. The van der Waals surface area contributed by atoms with Crippen molar-refractivity contribution in [3.8, 4) is 0 Å². The predicted octanol–water partition coefficient (Wildman–Crippen LogP) is 1.63. The Bertz CT molecular complexity index is 390. The molecule has 0 radical (unpaired) electrons. The molecule has 0 aliphatic rings. The van der Waals surface area contributed by atoms with Crippen LogP contribution in [0.15, 0.2) is 0 Å². The van der Waals surface area contributed by atoms with Crippen LogP contribution < -0.4 is 5.32 Å². The average Bonchev–Trinajstić information content (AvgIpc) is 2.58. The van der Waals surface area contributed by atoms with Gasteiger partial charge in [-0.15, -0.1) is 0 Å². The number of aromatic nitrogens is 2. The van der Waals surface area contributed by atoms with Crippen molar-refractivity contribution in [3.63, 3.8) is 0 Å². The maximum Gasteiger partial charge on any atom is 0.252 e. The zero-order chi connectivity index (χ0) is 13.2. The summed E-state index contributed by atoms with van der Waals surface area (Å²) in [6.07, 6.45) is 0. The molecule has 0 aliphatic carbocycles. The van der Waals surface area contributed by atoms with Crippen molar-refractivity contribution in [2.75, 3.05) is 7.11 Å². The number of amides is 1. The first-order valence-electron chi connectivity index (χ1n) is 5.67. The van der Waals surface area contributed by atoms with Gasteiger partial charge in [0.15, 0.2) is 0 Å². The summed E-state index contributed by atoms with van der Waals surface area (Å²) >= 11 is 0. The minimum Gasteiger partial charge on any atom is -0.369 e. The molecule has 5 heteroatoms. The van der Waals surface area contributed by atoms with E-state index in [9.17, 15) is 4.79 Å². The van der Waals surface area contributed by atoms with E-state index in [1.807, 2.05) is 20.8 Å². The molecule has 1 amide bonds. The van der Waals surface area contributed by atoms with Gasteiger partial charge < -0.3 is 10.1 Å². The molecule has 5 nitrogen and oxygen atoms in total. The van der Waals surface area contributed by atoms with E-state index >= 15 is 0 Å². The number of carbonyl (C=O) groups excluding carboxylic acids is 1. The van der Waals surface area contributed by atoms with Crippen LogP contribution in [0.2, 0.25) is 0 Å². The summed E-state index contributed by atoms with van der Waals surface area (Å²) in [6, 6.07) is -0.0873. The lowest BCUT2D eigenvalue weighted by Crippen LogP contribution is -2.44. The van der Waals surface area contributed by atoms with Gasteiger partial charge in [0.2, 0.25) is 0 Å². The van der Waals surface area contributed by atoms with Gasteiger partial charge in [-0.3, -0.25) is 9.89 Å². The molecule has 1 aromatic heterocycles. The van der Waals surface area contributed by atoms with Gasteiger partial charge in [0.25, 0.3) is 5.91 Å². The summed E-state index contributed by atoms with van der Waals surface area (Å²) in [6.45, 7) is 9.28. The quantitative estimate of drug-likeness (QED) is 0.839. The summed E-state index contributed by atoms with van der Waals surface area (Å²) < 4.78 is 5.14. The molecule has 1 rings (SSSR count). The van der Waals surface area contributed by atoms with Crippen molar-refractivity contribution in [2.45, 2.75) is 46.3 Å². The Morgan fingerprint density at radius 3 is 2.47 bits per heavy atom. The lowest BCUT2D eigenvalue weighted by molar-refractivity contribution is -0.140. The van der Waals surface area contributed by atoms with E-state index in [0.29, 0.717) is 0 Å². The number of rotatable bonds is 4. The van der Waals surface area contributed by atoms with Gasteiger partial charge >= 0.3 is 0 Å². The number of aromatic amines is 1. The van der Waals surface area contributed by atoms with Crippen LogP contribution in [-0.2, 0) is 9.53 Å². The Morgan fingerprint density at radius 2 is 2.06 bits per heavy atom. The standard InChI is InChI=1S/C12H21N3O2/c1-7(10-8(2)14-15-9(10)3)13-11(16)12(4,5)17-6/h7H,1-6H3,(H,13,16)(H,14,15). The van der Waals surface area contributed by atoms with Gasteiger partial charge in [-0.2, -0.15) is 5.10 Å². The highest BCUT2D eigenvalue weighted by molar-refractivity contribution is 5.84. The molecular formula is C12H21N3O2. The lowest BCUT2D eigenvalue weighted by atomic mass is 10.0. The molecule has 2 N–H and O–H groups in total. The Hall–Kier alpha value is -1.36. The van der Waals surface area contributed by atoms with Gasteiger partial charge in [-0.25, -0.2) is 0 Å². The third kappa shape index (κ3) is 2.85. The number of methoxy groups -OCH3 is 1. The second kappa shape index (κ2) is 4.87. The minimum absolute atomic E-state index is 0.0873. The van der Waals surface area contributed by atoms with Crippen LogP contribution in [0.3, 0.4) is 0 Å². The summed E-state index contributed by atoms with van der Waals surface area (Å²) in [5.74, 6) is -0.132. The average molecular weight is 239 g/mol. The summed E-state index contributed by atoms with van der Waals surface area (Å²) in [5.41, 5.74) is 2.10. The van der Waals surface area contributed by atoms with Crippen LogP contribution in [0.25, 0.3) is 0 Å². The monoisotopic (exact) mass is 239 g/mol. The number of nitrogens with one attached hydrogen (secondary N) is 2. The van der Waals surface area contributed by atoms with E-state index in [1.165, 1.54) is 7.11 Å². The zero-order valence-electron chi connectivity index (χ0n) is 11.3.